The second-order valence-electron chi connectivity index (χ2n) is 10.1. The molecule has 2 aliphatic heterocycles. The predicted molar refractivity (Wildman–Crippen MR) is 147 cm³/mol. The standard InChI is InChI=1S/C31H35BrO6/c1-30(2)37-22-31(38-30)29(35-20-26-16-10-9-15-25(26)17-32)28(34-19-24-13-7-4-8-14-24)27(21-36-31)33-18-23-11-5-3-6-12-23/h3-16,27-29H,17-22H2,1-2H3/t27-,28?,29?,31+/m1/s1. The molecule has 0 N–H and O–H groups in total. The molecule has 4 atom stereocenters. The Morgan fingerprint density at radius 3 is 1.95 bits per heavy atom. The fraction of sp³-hybridized carbons (Fsp3) is 0.419. The highest BCUT2D eigenvalue weighted by Gasteiger charge is 2.60. The van der Waals surface area contributed by atoms with Crippen molar-refractivity contribution in [3.05, 3.63) is 107 Å². The van der Waals surface area contributed by atoms with Crippen molar-refractivity contribution >= 4 is 15.9 Å². The molecule has 3 aromatic rings. The minimum absolute atomic E-state index is 0.237. The van der Waals surface area contributed by atoms with Gasteiger partial charge in [0.1, 0.15) is 24.9 Å². The molecule has 2 fully saturated rings. The van der Waals surface area contributed by atoms with Gasteiger partial charge in [-0.3, -0.25) is 0 Å². The van der Waals surface area contributed by atoms with Crippen LogP contribution in [-0.4, -0.2) is 43.1 Å². The second-order valence-corrected chi connectivity index (χ2v) is 10.7. The maximum absolute atomic E-state index is 6.67. The number of hydrogen-bond donors (Lipinski definition) is 0. The molecule has 38 heavy (non-hydrogen) atoms. The molecule has 2 saturated heterocycles. The van der Waals surface area contributed by atoms with Gasteiger partial charge >= 0.3 is 0 Å². The monoisotopic (exact) mass is 582 g/mol. The van der Waals surface area contributed by atoms with E-state index in [1.165, 1.54) is 5.56 Å². The van der Waals surface area contributed by atoms with Gasteiger partial charge in [0.05, 0.1) is 26.4 Å². The predicted octanol–water partition coefficient (Wildman–Crippen LogP) is 6.15. The summed E-state index contributed by atoms with van der Waals surface area (Å²) in [5, 5.41) is 0.738. The normalized spacial score (nSPS) is 26.6. The van der Waals surface area contributed by atoms with Crippen molar-refractivity contribution in [2.75, 3.05) is 13.2 Å². The van der Waals surface area contributed by atoms with Crippen molar-refractivity contribution in [2.45, 2.75) is 68.9 Å². The van der Waals surface area contributed by atoms with E-state index in [2.05, 4.69) is 40.2 Å². The van der Waals surface area contributed by atoms with Gasteiger partial charge in [-0.2, -0.15) is 0 Å². The zero-order chi connectivity index (χ0) is 26.4. The molecule has 1 spiro atoms. The Hall–Kier alpha value is -2.10. The minimum atomic E-state index is -1.11. The summed E-state index contributed by atoms with van der Waals surface area (Å²) in [6, 6.07) is 28.4. The van der Waals surface area contributed by atoms with Crippen molar-refractivity contribution in [3.8, 4) is 0 Å². The molecule has 0 bridgehead atoms. The number of alkyl halides is 1. The van der Waals surface area contributed by atoms with Gasteiger partial charge in [0, 0.05) is 5.33 Å². The van der Waals surface area contributed by atoms with Crippen LogP contribution in [0, 0.1) is 0 Å². The van der Waals surface area contributed by atoms with Crippen molar-refractivity contribution in [1.29, 1.82) is 0 Å². The van der Waals surface area contributed by atoms with Gasteiger partial charge in [0.25, 0.3) is 0 Å². The van der Waals surface area contributed by atoms with Crippen LogP contribution in [0.25, 0.3) is 0 Å². The van der Waals surface area contributed by atoms with Crippen LogP contribution < -0.4 is 0 Å². The molecule has 0 saturated carbocycles. The number of halogens is 1. The van der Waals surface area contributed by atoms with Crippen LogP contribution in [0.3, 0.4) is 0 Å². The lowest BCUT2D eigenvalue weighted by molar-refractivity contribution is -0.356. The molecule has 0 aliphatic carbocycles. The Balaban J connectivity index is 1.43. The molecule has 0 amide bonds. The zero-order valence-electron chi connectivity index (χ0n) is 21.9. The maximum atomic E-state index is 6.67. The molecular formula is C31H35BrO6. The number of ether oxygens (including phenoxy) is 6. The van der Waals surface area contributed by atoms with Gasteiger partial charge in [-0.25, -0.2) is 0 Å². The molecule has 5 rings (SSSR count). The Morgan fingerprint density at radius 1 is 0.737 bits per heavy atom. The summed E-state index contributed by atoms with van der Waals surface area (Å²) in [6.07, 6.45) is -1.42. The molecule has 2 unspecified atom stereocenters. The first-order valence-corrected chi connectivity index (χ1v) is 14.1. The highest BCUT2D eigenvalue weighted by atomic mass is 79.9. The van der Waals surface area contributed by atoms with Gasteiger partial charge in [0.2, 0.25) is 5.79 Å². The number of hydrogen-bond acceptors (Lipinski definition) is 6. The lowest BCUT2D eigenvalue weighted by Crippen LogP contribution is -2.64. The highest BCUT2D eigenvalue weighted by molar-refractivity contribution is 9.08. The Kier molecular flexibility index (Phi) is 8.95. The van der Waals surface area contributed by atoms with Crippen molar-refractivity contribution in [3.63, 3.8) is 0 Å². The van der Waals surface area contributed by atoms with Crippen LogP contribution in [0.4, 0.5) is 0 Å². The fourth-order valence-corrected chi connectivity index (χ4v) is 5.47. The summed E-state index contributed by atoms with van der Waals surface area (Å²) in [4.78, 5) is 0. The van der Waals surface area contributed by atoms with Crippen LogP contribution in [0.15, 0.2) is 84.9 Å². The first kappa shape index (κ1) is 27.5. The average Bonchev–Trinajstić information content (AvgIpc) is 3.26. The van der Waals surface area contributed by atoms with E-state index in [0.717, 1.165) is 22.0 Å². The van der Waals surface area contributed by atoms with E-state index in [-0.39, 0.29) is 12.7 Å². The van der Waals surface area contributed by atoms with E-state index in [1.54, 1.807) is 0 Å². The molecule has 0 radical (unpaired) electrons. The smallest absolute Gasteiger partial charge is 0.224 e. The molecule has 2 heterocycles. The molecule has 0 aromatic heterocycles. The number of rotatable bonds is 10. The molecule has 2 aliphatic rings. The van der Waals surface area contributed by atoms with Crippen molar-refractivity contribution < 1.29 is 28.4 Å². The SMILES string of the molecule is CC1(C)OC[C@]2(OC[C@@H](OCc3ccccc3)C(OCc3ccccc3)C2OCc2ccccc2CBr)O1. The Morgan fingerprint density at radius 2 is 1.34 bits per heavy atom. The topological polar surface area (TPSA) is 55.4 Å². The van der Waals surface area contributed by atoms with Crippen LogP contribution in [0.2, 0.25) is 0 Å². The molecule has 3 aromatic carbocycles. The highest BCUT2D eigenvalue weighted by Crippen LogP contribution is 2.42. The first-order valence-electron chi connectivity index (χ1n) is 13.0. The molecule has 202 valence electrons. The molecule has 7 heteroatoms. The van der Waals surface area contributed by atoms with E-state index in [0.29, 0.717) is 26.4 Å². The third kappa shape index (κ3) is 6.54. The van der Waals surface area contributed by atoms with E-state index < -0.39 is 23.8 Å². The minimum Gasteiger partial charge on any atom is -0.368 e. The second kappa shape index (κ2) is 12.4. The van der Waals surface area contributed by atoms with Gasteiger partial charge in [-0.15, -0.1) is 0 Å². The summed E-state index contributed by atoms with van der Waals surface area (Å²) < 4.78 is 38.5. The van der Waals surface area contributed by atoms with Crippen molar-refractivity contribution in [1.82, 2.24) is 0 Å². The fourth-order valence-electron chi connectivity index (χ4n) is 4.92. The van der Waals surface area contributed by atoms with E-state index in [9.17, 15) is 0 Å². The Bertz CT molecular complexity index is 1160. The first-order chi connectivity index (χ1) is 18.5. The lowest BCUT2D eigenvalue weighted by atomic mass is 9.96. The zero-order valence-corrected chi connectivity index (χ0v) is 23.5. The van der Waals surface area contributed by atoms with Gasteiger partial charge in [-0.1, -0.05) is 101 Å². The van der Waals surface area contributed by atoms with E-state index in [1.807, 2.05) is 74.5 Å². The summed E-state index contributed by atoms with van der Waals surface area (Å²) >= 11 is 3.59. The summed E-state index contributed by atoms with van der Waals surface area (Å²) in [7, 11) is 0. The van der Waals surface area contributed by atoms with Gasteiger partial charge in [0.15, 0.2) is 5.79 Å². The maximum Gasteiger partial charge on any atom is 0.224 e. The largest absolute Gasteiger partial charge is 0.368 e. The van der Waals surface area contributed by atoms with E-state index >= 15 is 0 Å². The van der Waals surface area contributed by atoms with Gasteiger partial charge in [-0.05, 0) is 36.1 Å². The summed E-state index contributed by atoms with van der Waals surface area (Å²) in [5.41, 5.74) is 4.41. The average molecular weight is 584 g/mol. The summed E-state index contributed by atoms with van der Waals surface area (Å²) in [5.74, 6) is -1.92. The van der Waals surface area contributed by atoms with Crippen LogP contribution in [-0.2, 0) is 53.6 Å². The molecule has 6 nitrogen and oxygen atoms in total. The number of benzene rings is 3. The lowest BCUT2D eigenvalue weighted by Gasteiger charge is -2.47. The van der Waals surface area contributed by atoms with Crippen molar-refractivity contribution in [2.24, 2.45) is 0 Å². The van der Waals surface area contributed by atoms with Gasteiger partial charge < -0.3 is 28.4 Å². The third-order valence-electron chi connectivity index (χ3n) is 6.90. The van der Waals surface area contributed by atoms with Crippen LogP contribution in [0.1, 0.15) is 36.1 Å². The Labute approximate surface area is 233 Å². The van der Waals surface area contributed by atoms with Crippen LogP contribution >= 0.6 is 15.9 Å². The quantitative estimate of drug-likeness (QED) is 0.267. The third-order valence-corrected chi connectivity index (χ3v) is 7.51. The molecular weight excluding hydrogens is 548 g/mol. The summed E-state index contributed by atoms with van der Waals surface area (Å²) in [6.45, 7) is 5.53. The van der Waals surface area contributed by atoms with E-state index in [4.69, 9.17) is 28.4 Å². The van der Waals surface area contributed by atoms with Crippen LogP contribution in [0.5, 0.6) is 0 Å².